The van der Waals surface area contributed by atoms with Crippen molar-refractivity contribution in [3.8, 4) is 5.75 Å². The van der Waals surface area contributed by atoms with Crippen LogP contribution in [0.4, 0.5) is 0 Å². The molecule has 4 nitrogen and oxygen atoms in total. The van der Waals surface area contributed by atoms with E-state index in [0.717, 1.165) is 37.2 Å². The third-order valence-electron chi connectivity index (χ3n) is 4.26. The zero-order valence-electron chi connectivity index (χ0n) is 16.6. The Bertz CT molecular complexity index is 497. The summed E-state index contributed by atoms with van der Waals surface area (Å²) < 4.78 is 5.54. The third kappa shape index (κ3) is 11.7. The van der Waals surface area contributed by atoms with Gasteiger partial charge in [-0.3, -0.25) is 4.79 Å². The van der Waals surface area contributed by atoms with Gasteiger partial charge in [0.1, 0.15) is 5.75 Å². The summed E-state index contributed by atoms with van der Waals surface area (Å²) >= 11 is 0. The van der Waals surface area contributed by atoms with Gasteiger partial charge in [0, 0.05) is 6.42 Å². The molecule has 0 unspecified atom stereocenters. The van der Waals surface area contributed by atoms with Gasteiger partial charge in [0.2, 0.25) is 5.91 Å². The molecule has 1 aromatic rings. The Morgan fingerprint density at radius 1 is 0.923 bits per heavy atom. The molecule has 0 aliphatic carbocycles. The second-order valence-corrected chi connectivity index (χ2v) is 6.79. The van der Waals surface area contributed by atoms with E-state index in [1.54, 1.807) is 6.21 Å². The van der Waals surface area contributed by atoms with Crippen LogP contribution >= 0.6 is 0 Å². The van der Waals surface area contributed by atoms with E-state index in [9.17, 15) is 4.79 Å². The lowest BCUT2D eigenvalue weighted by Gasteiger charge is -2.04. The molecule has 0 aliphatic heterocycles. The third-order valence-corrected chi connectivity index (χ3v) is 4.26. The topological polar surface area (TPSA) is 50.7 Å². The summed E-state index contributed by atoms with van der Waals surface area (Å²) in [5.41, 5.74) is 3.55. The van der Waals surface area contributed by atoms with Crippen molar-refractivity contribution in [2.45, 2.75) is 84.5 Å². The summed E-state index contributed by atoms with van der Waals surface area (Å²) in [4.78, 5) is 11.8. The second kappa shape index (κ2) is 15.4. The van der Waals surface area contributed by atoms with Crippen LogP contribution in [0.5, 0.6) is 5.75 Å². The molecule has 26 heavy (non-hydrogen) atoms. The summed E-state index contributed by atoms with van der Waals surface area (Å²) in [6.45, 7) is 5.05. The maximum Gasteiger partial charge on any atom is 0.240 e. The minimum atomic E-state index is -0.00732. The number of hydrogen-bond acceptors (Lipinski definition) is 3. The van der Waals surface area contributed by atoms with Gasteiger partial charge < -0.3 is 4.74 Å². The standard InChI is InChI=1S/C22H36N2O2/c1-3-5-6-7-8-9-10-11-12-13-22(25)24-23-19-20-14-16-21(17-15-20)26-18-4-2/h14-17,19H,3-13,18H2,1-2H3,(H,24,25)/b23-19+. The number of hydrogen-bond donors (Lipinski definition) is 1. The van der Waals surface area contributed by atoms with Gasteiger partial charge >= 0.3 is 0 Å². The van der Waals surface area contributed by atoms with E-state index in [0.29, 0.717) is 6.42 Å². The van der Waals surface area contributed by atoms with E-state index in [1.807, 2.05) is 24.3 Å². The number of amides is 1. The van der Waals surface area contributed by atoms with Gasteiger partial charge in [0.25, 0.3) is 0 Å². The predicted octanol–water partition coefficient (Wildman–Crippen LogP) is 5.85. The molecule has 0 saturated heterocycles. The van der Waals surface area contributed by atoms with Crippen LogP contribution in [-0.4, -0.2) is 18.7 Å². The van der Waals surface area contributed by atoms with E-state index in [-0.39, 0.29) is 5.91 Å². The van der Waals surface area contributed by atoms with Crippen molar-refractivity contribution < 1.29 is 9.53 Å². The Balaban J connectivity index is 2.06. The van der Waals surface area contributed by atoms with Crippen LogP contribution in [0, 0.1) is 0 Å². The minimum Gasteiger partial charge on any atom is -0.494 e. The number of carbonyl (C=O) groups is 1. The van der Waals surface area contributed by atoms with Gasteiger partial charge in [-0.2, -0.15) is 5.10 Å². The molecule has 0 fully saturated rings. The Labute approximate surface area is 159 Å². The van der Waals surface area contributed by atoms with Gasteiger partial charge in [-0.1, -0.05) is 65.2 Å². The summed E-state index contributed by atoms with van der Waals surface area (Å²) in [6.07, 6.45) is 14.5. The van der Waals surface area contributed by atoms with Crippen molar-refractivity contribution in [2.24, 2.45) is 5.10 Å². The fourth-order valence-corrected chi connectivity index (χ4v) is 2.70. The molecule has 1 aromatic carbocycles. The molecule has 0 aromatic heterocycles. The normalized spacial score (nSPS) is 11.0. The molecule has 1 rings (SSSR count). The molecular formula is C22H36N2O2. The molecule has 4 heteroatoms. The largest absolute Gasteiger partial charge is 0.494 e. The fourth-order valence-electron chi connectivity index (χ4n) is 2.70. The monoisotopic (exact) mass is 360 g/mol. The van der Waals surface area contributed by atoms with E-state index in [1.165, 1.54) is 44.9 Å². The predicted molar refractivity (Wildman–Crippen MR) is 110 cm³/mol. The van der Waals surface area contributed by atoms with Crippen LogP contribution in [0.2, 0.25) is 0 Å². The number of benzene rings is 1. The zero-order chi connectivity index (χ0) is 18.9. The van der Waals surface area contributed by atoms with Crippen LogP contribution in [0.3, 0.4) is 0 Å². The molecule has 0 atom stereocenters. The first kappa shape index (κ1) is 22.2. The summed E-state index contributed by atoms with van der Waals surface area (Å²) in [5, 5.41) is 4.02. The highest BCUT2D eigenvalue weighted by molar-refractivity contribution is 5.82. The molecule has 0 bridgehead atoms. The average Bonchev–Trinajstić information content (AvgIpc) is 2.66. The van der Waals surface area contributed by atoms with Gasteiger partial charge in [0.15, 0.2) is 0 Å². The van der Waals surface area contributed by atoms with E-state index in [4.69, 9.17) is 4.74 Å². The van der Waals surface area contributed by atoms with Crippen LogP contribution in [0.25, 0.3) is 0 Å². The van der Waals surface area contributed by atoms with Crippen molar-refractivity contribution in [1.29, 1.82) is 0 Å². The lowest BCUT2D eigenvalue weighted by atomic mass is 10.1. The average molecular weight is 361 g/mol. The quantitative estimate of drug-likeness (QED) is 0.242. The first-order valence-electron chi connectivity index (χ1n) is 10.3. The number of nitrogens with zero attached hydrogens (tertiary/aromatic N) is 1. The number of hydrazone groups is 1. The highest BCUT2D eigenvalue weighted by Gasteiger charge is 1.99. The van der Waals surface area contributed by atoms with E-state index in [2.05, 4.69) is 24.4 Å². The molecule has 1 amide bonds. The Hall–Kier alpha value is -1.84. The molecule has 146 valence electrons. The van der Waals surface area contributed by atoms with Crippen LogP contribution in [-0.2, 0) is 4.79 Å². The molecule has 0 spiro atoms. The molecule has 0 heterocycles. The van der Waals surface area contributed by atoms with Crippen molar-refractivity contribution in [1.82, 2.24) is 5.43 Å². The van der Waals surface area contributed by atoms with E-state index < -0.39 is 0 Å². The number of unbranched alkanes of at least 4 members (excludes halogenated alkanes) is 8. The number of carbonyl (C=O) groups excluding carboxylic acids is 1. The highest BCUT2D eigenvalue weighted by atomic mass is 16.5. The number of ether oxygens (including phenoxy) is 1. The molecular weight excluding hydrogens is 324 g/mol. The zero-order valence-corrected chi connectivity index (χ0v) is 16.6. The first-order valence-corrected chi connectivity index (χ1v) is 10.3. The Kier molecular flexibility index (Phi) is 13.2. The number of nitrogens with one attached hydrogen (secondary N) is 1. The van der Waals surface area contributed by atoms with Crippen LogP contribution in [0.15, 0.2) is 29.4 Å². The molecule has 1 N–H and O–H groups in total. The van der Waals surface area contributed by atoms with Crippen molar-refractivity contribution in [2.75, 3.05) is 6.61 Å². The van der Waals surface area contributed by atoms with Gasteiger partial charge in [-0.15, -0.1) is 0 Å². The fraction of sp³-hybridized carbons (Fsp3) is 0.636. The van der Waals surface area contributed by atoms with Crippen LogP contribution < -0.4 is 10.2 Å². The van der Waals surface area contributed by atoms with Crippen molar-refractivity contribution in [3.63, 3.8) is 0 Å². The summed E-state index contributed by atoms with van der Waals surface area (Å²) in [7, 11) is 0. The summed E-state index contributed by atoms with van der Waals surface area (Å²) in [6, 6.07) is 7.70. The molecule has 0 radical (unpaired) electrons. The lowest BCUT2D eigenvalue weighted by Crippen LogP contribution is -2.16. The highest BCUT2D eigenvalue weighted by Crippen LogP contribution is 2.12. The van der Waals surface area contributed by atoms with Crippen molar-refractivity contribution >= 4 is 12.1 Å². The SMILES string of the molecule is CCCCCCCCCCCC(=O)N/N=C/c1ccc(OCCC)cc1. The molecule has 0 aliphatic rings. The number of rotatable bonds is 15. The van der Waals surface area contributed by atoms with Gasteiger partial charge in [0.05, 0.1) is 12.8 Å². The van der Waals surface area contributed by atoms with E-state index >= 15 is 0 Å². The van der Waals surface area contributed by atoms with Gasteiger partial charge in [-0.05, 0) is 42.7 Å². The Morgan fingerprint density at radius 2 is 1.54 bits per heavy atom. The Morgan fingerprint density at radius 3 is 2.15 bits per heavy atom. The smallest absolute Gasteiger partial charge is 0.240 e. The molecule has 0 saturated carbocycles. The minimum absolute atomic E-state index is 0.00732. The van der Waals surface area contributed by atoms with Crippen molar-refractivity contribution in [3.05, 3.63) is 29.8 Å². The maximum atomic E-state index is 11.8. The van der Waals surface area contributed by atoms with Gasteiger partial charge in [-0.25, -0.2) is 5.43 Å². The lowest BCUT2D eigenvalue weighted by molar-refractivity contribution is -0.121. The first-order chi connectivity index (χ1) is 12.8. The second-order valence-electron chi connectivity index (χ2n) is 6.79. The van der Waals surface area contributed by atoms with Crippen LogP contribution in [0.1, 0.15) is 90.0 Å². The maximum absolute atomic E-state index is 11.8. The summed E-state index contributed by atoms with van der Waals surface area (Å²) in [5.74, 6) is 0.852.